The molecule has 2 N–H and O–H groups in total. The standard InChI is InChI=1S/C22H27N3O4S/c1-30(28,29)25-15-7-10-18(16-25)21(26)24-20-12-6-5-11-19(20)22(27)23-14-13-17-8-3-2-4-9-17/h2-6,8-9,11-12,18H,7,10,13-16H2,1H3,(H,23,27)(H,24,26)/t18-/m1/s1. The maximum absolute atomic E-state index is 12.7. The van der Waals surface area contributed by atoms with Crippen LogP contribution in [0.5, 0.6) is 0 Å². The number of hydrogen-bond donors (Lipinski definition) is 2. The summed E-state index contributed by atoms with van der Waals surface area (Å²) in [5.74, 6) is -0.973. The highest BCUT2D eigenvalue weighted by molar-refractivity contribution is 7.88. The van der Waals surface area contributed by atoms with Gasteiger partial charge in [-0.3, -0.25) is 9.59 Å². The maximum atomic E-state index is 12.7. The topological polar surface area (TPSA) is 95.6 Å². The van der Waals surface area contributed by atoms with Gasteiger partial charge in [-0.05, 0) is 37.0 Å². The minimum Gasteiger partial charge on any atom is -0.352 e. The van der Waals surface area contributed by atoms with Crippen molar-refractivity contribution in [1.29, 1.82) is 0 Å². The second-order valence-electron chi connectivity index (χ2n) is 7.49. The van der Waals surface area contributed by atoms with Gasteiger partial charge in [-0.2, -0.15) is 0 Å². The Hall–Kier alpha value is -2.71. The quantitative estimate of drug-likeness (QED) is 0.706. The molecular formula is C22H27N3O4S. The number of benzene rings is 2. The second kappa shape index (κ2) is 9.86. The molecular weight excluding hydrogens is 402 g/mol. The van der Waals surface area contributed by atoms with Crippen molar-refractivity contribution in [2.45, 2.75) is 19.3 Å². The Labute approximate surface area is 177 Å². The zero-order valence-corrected chi connectivity index (χ0v) is 17.8. The van der Waals surface area contributed by atoms with Crippen molar-refractivity contribution in [2.24, 2.45) is 5.92 Å². The fraction of sp³-hybridized carbons (Fsp3) is 0.364. The van der Waals surface area contributed by atoms with Gasteiger partial charge in [0.15, 0.2) is 0 Å². The van der Waals surface area contributed by atoms with Crippen LogP contribution in [-0.4, -0.2) is 50.4 Å². The number of nitrogens with zero attached hydrogens (tertiary/aromatic N) is 1. The fourth-order valence-electron chi connectivity index (χ4n) is 3.54. The Morgan fingerprint density at radius 3 is 2.50 bits per heavy atom. The molecule has 1 heterocycles. The van der Waals surface area contributed by atoms with Crippen LogP contribution in [0.15, 0.2) is 54.6 Å². The molecule has 1 atom stereocenters. The number of para-hydroxylation sites is 1. The Bertz CT molecular complexity index is 992. The molecule has 160 valence electrons. The van der Waals surface area contributed by atoms with E-state index in [1.54, 1.807) is 24.3 Å². The molecule has 2 aromatic carbocycles. The predicted molar refractivity (Wildman–Crippen MR) is 117 cm³/mol. The highest BCUT2D eigenvalue weighted by Gasteiger charge is 2.30. The van der Waals surface area contributed by atoms with Gasteiger partial charge in [0.25, 0.3) is 5.91 Å². The first-order chi connectivity index (χ1) is 14.3. The van der Waals surface area contributed by atoms with E-state index >= 15 is 0 Å². The zero-order valence-electron chi connectivity index (χ0n) is 17.0. The largest absolute Gasteiger partial charge is 0.352 e. The summed E-state index contributed by atoms with van der Waals surface area (Å²) in [6.45, 7) is 1.08. The molecule has 2 aromatic rings. The molecule has 0 radical (unpaired) electrons. The molecule has 0 spiro atoms. The Kier molecular flexibility index (Phi) is 7.23. The van der Waals surface area contributed by atoms with Crippen LogP contribution in [-0.2, 0) is 21.2 Å². The molecule has 30 heavy (non-hydrogen) atoms. The van der Waals surface area contributed by atoms with E-state index in [9.17, 15) is 18.0 Å². The third kappa shape index (κ3) is 5.90. The average molecular weight is 430 g/mol. The van der Waals surface area contributed by atoms with E-state index in [1.807, 2.05) is 30.3 Å². The van der Waals surface area contributed by atoms with E-state index in [2.05, 4.69) is 10.6 Å². The minimum absolute atomic E-state index is 0.163. The average Bonchev–Trinajstić information content (AvgIpc) is 2.74. The van der Waals surface area contributed by atoms with Crippen LogP contribution in [0, 0.1) is 5.92 Å². The summed E-state index contributed by atoms with van der Waals surface area (Å²) >= 11 is 0. The number of carbonyl (C=O) groups excluding carboxylic acids is 2. The monoisotopic (exact) mass is 429 g/mol. The highest BCUT2D eigenvalue weighted by atomic mass is 32.2. The number of anilines is 1. The van der Waals surface area contributed by atoms with Gasteiger partial charge < -0.3 is 10.6 Å². The maximum Gasteiger partial charge on any atom is 0.253 e. The lowest BCUT2D eigenvalue weighted by Gasteiger charge is -2.30. The van der Waals surface area contributed by atoms with Crippen LogP contribution in [0.1, 0.15) is 28.8 Å². The highest BCUT2D eigenvalue weighted by Crippen LogP contribution is 2.22. The summed E-state index contributed by atoms with van der Waals surface area (Å²) in [6, 6.07) is 16.7. The Morgan fingerprint density at radius 1 is 1.07 bits per heavy atom. The van der Waals surface area contributed by atoms with E-state index in [0.29, 0.717) is 43.6 Å². The van der Waals surface area contributed by atoms with Crippen molar-refractivity contribution < 1.29 is 18.0 Å². The smallest absolute Gasteiger partial charge is 0.253 e. The second-order valence-corrected chi connectivity index (χ2v) is 9.47. The molecule has 0 aromatic heterocycles. The van der Waals surface area contributed by atoms with Gasteiger partial charge in [0.05, 0.1) is 23.4 Å². The third-order valence-corrected chi connectivity index (χ3v) is 6.47. The van der Waals surface area contributed by atoms with Crippen molar-refractivity contribution in [3.63, 3.8) is 0 Å². The van der Waals surface area contributed by atoms with Crippen molar-refractivity contribution in [2.75, 3.05) is 31.2 Å². The molecule has 2 amide bonds. The number of nitrogens with one attached hydrogen (secondary N) is 2. The first-order valence-corrected chi connectivity index (χ1v) is 11.9. The summed E-state index contributed by atoms with van der Waals surface area (Å²) in [6.07, 6.45) is 3.11. The van der Waals surface area contributed by atoms with Gasteiger partial charge >= 0.3 is 0 Å². The van der Waals surface area contributed by atoms with Gasteiger partial charge in [-0.15, -0.1) is 0 Å². The number of sulfonamides is 1. The van der Waals surface area contributed by atoms with Crippen LogP contribution in [0.25, 0.3) is 0 Å². The van der Waals surface area contributed by atoms with Gasteiger partial charge in [-0.25, -0.2) is 12.7 Å². The lowest BCUT2D eigenvalue weighted by Crippen LogP contribution is -2.43. The molecule has 1 aliphatic rings. The van der Waals surface area contributed by atoms with E-state index in [0.717, 1.165) is 11.8 Å². The lowest BCUT2D eigenvalue weighted by atomic mass is 9.98. The predicted octanol–water partition coefficient (Wildman–Crippen LogP) is 2.27. The molecule has 0 aliphatic carbocycles. The number of piperidine rings is 1. The van der Waals surface area contributed by atoms with Gasteiger partial charge in [-0.1, -0.05) is 42.5 Å². The van der Waals surface area contributed by atoms with Crippen LogP contribution < -0.4 is 10.6 Å². The van der Waals surface area contributed by atoms with E-state index in [4.69, 9.17) is 0 Å². The van der Waals surface area contributed by atoms with Gasteiger partial charge in [0, 0.05) is 19.6 Å². The normalized spacial score (nSPS) is 17.3. The summed E-state index contributed by atoms with van der Waals surface area (Å²) in [7, 11) is -3.33. The molecule has 0 unspecified atom stereocenters. The molecule has 1 aliphatic heterocycles. The van der Waals surface area contributed by atoms with E-state index in [-0.39, 0.29) is 18.4 Å². The van der Waals surface area contributed by atoms with E-state index in [1.165, 1.54) is 4.31 Å². The lowest BCUT2D eigenvalue weighted by molar-refractivity contribution is -0.120. The van der Waals surface area contributed by atoms with E-state index < -0.39 is 15.9 Å². The van der Waals surface area contributed by atoms with Gasteiger partial charge in [0.2, 0.25) is 15.9 Å². The molecule has 1 fully saturated rings. The molecule has 0 bridgehead atoms. The van der Waals surface area contributed by atoms with Gasteiger partial charge in [0.1, 0.15) is 0 Å². The number of amides is 2. The first-order valence-electron chi connectivity index (χ1n) is 10.0. The minimum atomic E-state index is -3.33. The summed E-state index contributed by atoms with van der Waals surface area (Å²) in [4.78, 5) is 25.4. The SMILES string of the molecule is CS(=O)(=O)N1CCC[C@@H](C(=O)Nc2ccccc2C(=O)NCCc2ccccc2)C1. The number of hydrogen-bond acceptors (Lipinski definition) is 4. The Morgan fingerprint density at radius 2 is 1.77 bits per heavy atom. The molecule has 3 rings (SSSR count). The van der Waals surface area contributed by atoms with Crippen LogP contribution in [0.3, 0.4) is 0 Å². The first kappa shape index (κ1) is 22.0. The summed E-state index contributed by atoms with van der Waals surface area (Å²) in [5, 5.41) is 5.71. The molecule has 1 saturated heterocycles. The molecule has 0 saturated carbocycles. The fourth-order valence-corrected chi connectivity index (χ4v) is 4.45. The Balaban J connectivity index is 1.61. The third-order valence-electron chi connectivity index (χ3n) is 5.20. The van der Waals surface area contributed by atoms with Crippen molar-refractivity contribution >= 4 is 27.5 Å². The number of carbonyl (C=O) groups is 2. The zero-order chi connectivity index (χ0) is 21.6. The molecule has 8 heteroatoms. The van der Waals surface area contributed by atoms with Crippen LogP contribution >= 0.6 is 0 Å². The van der Waals surface area contributed by atoms with Crippen molar-refractivity contribution in [3.05, 3.63) is 65.7 Å². The summed E-state index contributed by atoms with van der Waals surface area (Å²) < 4.78 is 24.9. The van der Waals surface area contributed by atoms with Crippen molar-refractivity contribution in [1.82, 2.24) is 9.62 Å². The van der Waals surface area contributed by atoms with Crippen LogP contribution in [0.2, 0.25) is 0 Å². The van der Waals surface area contributed by atoms with Crippen molar-refractivity contribution in [3.8, 4) is 0 Å². The number of rotatable bonds is 7. The molecule has 7 nitrogen and oxygen atoms in total. The van der Waals surface area contributed by atoms with Crippen LogP contribution in [0.4, 0.5) is 5.69 Å². The summed E-state index contributed by atoms with van der Waals surface area (Å²) in [5.41, 5.74) is 1.94.